The molecular weight excluding hydrogens is 649 g/mol. The van der Waals surface area contributed by atoms with Crippen molar-refractivity contribution in [3.05, 3.63) is 41.5 Å². The summed E-state index contributed by atoms with van der Waals surface area (Å²) in [6.07, 6.45) is 12.2. The highest BCUT2D eigenvalue weighted by Crippen LogP contribution is 2.31. The first-order valence-electron chi connectivity index (χ1n) is 21.8. The van der Waals surface area contributed by atoms with Crippen LogP contribution in [0.2, 0.25) is 0 Å². The Morgan fingerprint density at radius 2 is 1.00 bits per heavy atom. The molecule has 0 saturated heterocycles. The van der Waals surface area contributed by atoms with E-state index in [4.69, 9.17) is 5.11 Å². The summed E-state index contributed by atoms with van der Waals surface area (Å²) in [6, 6.07) is 8.75. The van der Waals surface area contributed by atoms with Crippen LogP contribution in [0.25, 0.3) is 5.57 Å². The molecule has 0 amide bonds. The smallest absolute Gasteiger partial charge is 0.0453 e. The Kier molecular flexibility index (Phi) is 54.3. The standard InChI is InChI=1S/C13H16.2C7H16.C6H14S.C6H14.C4H10O.C4H10.C3H8/c1-10(2)9-12-8-7-11-5-3-4-6-13(11)12;1-6(2)5-7(3)4;1-5-7(4)6(2)3;1-6(2)4-5-7-3;1-5(2)6(3)4;1-4(2)3-5;1-4(2)3;1-3-2/h3-6,8,10H,7,9H2,1-2H3;2*6-7H,5H2,1-4H3;6H,4-5H2,1-3H3;5-6H,1-4H3;4-5H,3H2,1-2H3;4H,1-3H3;3H2,1-2H3. The minimum atomic E-state index is 0.306. The minimum Gasteiger partial charge on any atom is -0.396 e. The molecule has 1 nitrogen and oxygen atoms in total. The summed E-state index contributed by atoms with van der Waals surface area (Å²) in [4.78, 5) is 0. The van der Waals surface area contributed by atoms with Crippen LogP contribution >= 0.6 is 11.8 Å². The molecule has 0 aliphatic heterocycles. The Bertz CT molecular complexity index is 799. The van der Waals surface area contributed by atoms with Gasteiger partial charge in [0.25, 0.3) is 0 Å². The highest BCUT2D eigenvalue weighted by atomic mass is 32.2. The first kappa shape index (κ1) is 63.2. The molecule has 2 heteroatoms. The van der Waals surface area contributed by atoms with Gasteiger partial charge in [0.15, 0.2) is 0 Å². The van der Waals surface area contributed by atoms with Gasteiger partial charge in [-0.2, -0.15) is 11.8 Å². The van der Waals surface area contributed by atoms with Gasteiger partial charge in [0.1, 0.15) is 0 Å². The third-order valence-corrected chi connectivity index (χ3v) is 8.53. The van der Waals surface area contributed by atoms with Crippen LogP contribution in [0.5, 0.6) is 0 Å². The fraction of sp³-hybridized carbons (Fsp3) is 0.840. The van der Waals surface area contributed by atoms with Gasteiger partial charge < -0.3 is 5.11 Å². The number of benzene rings is 1. The van der Waals surface area contributed by atoms with E-state index < -0.39 is 0 Å². The van der Waals surface area contributed by atoms with Crippen LogP contribution in [0, 0.1) is 59.2 Å². The van der Waals surface area contributed by atoms with Gasteiger partial charge in [0.2, 0.25) is 0 Å². The van der Waals surface area contributed by atoms with Crippen molar-refractivity contribution in [1.29, 1.82) is 0 Å². The molecule has 0 radical (unpaired) electrons. The van der Waals surface area contributed by atoms with Crippen LogP contribution in [-0.2, 0) is 6.42 Å². The zero-order chi connectivity index (χ0) is 42.4. The van der Waals surface area contributed by atoms with Crippen molar-refractivity contribution in [3.8, 4) is 0 Å². The molecule has 0 aromatic heterocycles. The third kappa shape index (κ3) is 61.3. The molecule has 0 heterocycles. The van der Waals surface area contributed by atoms with Crippen molar-refractivity contribution >= 4 is 17.3 Å². The summed E-state index contributed by atoms with van der Waals surface area (Å²) < 4.78 is 0. The summed E-state index contributed by atoms with van der Waals surface area (Å²) in [7, 11) is 0. The molecule has 1 aliphatic carbocycles. The Labute approximate surface area is 338 Å². The lowest BCUT2D eigenvalue weighted by Gasteiger charge is -2.10. The average molecular weight is 753 g/mol. The maximum absolute atomic E-state index is 8.14. The van der Waals surface area contributed by atoms with Crippen LogP contribution < -0.4 is 0 Å². The van der Waals surface area contributed by atoms with Gasteiger partial charge in [-0.1, -0.05) is 202 Å². The van der Waals surface area contributed by atoms with Gasteiger partial charge in [-0.05, 0) is 114 Å². The van der Waals surface area contributed by atoms with Crippen molar-refractivity contribution in [2.75, 3.05) is 18.6 Å². The fourth-order valence-electron chi connectivity index (χ4n) is 3.76. The fourth-order valence-corrected chi connectivity index (χ4v) is 4.46. The molecule has 1 aliphatic rings. The van der Waals surface area contributed by atoms with E-state index in [-0.39, 0.29) is 0 Å². The second-order valence-electron chi connectivity index (χ2n) is 18.5. The average Bonchev–Trinajstić information content (AvgIpc) is 3.42. The largest absolute Gasteiger partial charge is 0.396 e. The van der Waals surface area contributed by atoms with Crippen LogP contribution in [0.15, 0.2) is 30.3 Å². The molecule has 0 bridgehead atoms. The van der Waals surface area contributed by atoms with E-state index in [9.17, 15) is 0 Å². The Balaban J connectivity index is -0.000000121. The molecule has 52 heavy (non-hydrogen) atoms. The number of aliphatic hydroxyl groups is 1. The molecule has 1 N–H and O–H groups in total. The number of rotatable bonds is 11. The molecule has 1 aromatic carbocycles. The molecule has 1 unspecified atom stereocenters. The number of hydrogen-bond acceptors (Lipinski definition) is 2. The predicted molar refractivity (Wildman–Crippen MR) is 252 cm³/mol. The van der Waals surface area contributed by atoms with Crippen molar-refractivity contribution < 1.29 is 5.11 Å². The number of aliphatic hydroxyl groups excluding tert-OH is 1. The molecule has 2 rings (SSSR count). The molecular formula is C50H104OS. The van der Waals surface area contributed by atoms with Crippen LogP contribution in [0.4, 0.5) is 0 Å². The first-order chi connectivity index (χ1) is 23.9. The Morgan fingerprint density at radius 3 is 1.21 bits per heavy atom. The zero-order valence-corrected chi connectivity index (χ0v) is 41.5. The number of thioether (sulfide) groups is 1. The number of hydrogen-bond donors (Lipinski definition) is 1. The van der Waals surface area contributed by atoms with Gasteiger partial charge in [-0.15, -0.1) is 0 Å². The first-order valence-corrected chi connectivity index (χ1v) is 23.2. The summed E-state index contributed by atoms with van der Waals surface area (Å²) in [6.45, 7) is 51.2. The predicted octanol–water partition coefficient (Wildman–Crippen LogP) is 17.5. The summed E-state index contributed by atoms with van der Waals surface area (Å²) in [5.74, 6) is 9.46. The second-order valence-corrected chi connectivity index (χ2v) is 19.5. The van der Waals surface area contributed by atoms with E-state index in [0.717, 1.165) is 59.7 Å². The lowest BCUT2D eigenvalue weighted by molar-refractivity contribution is 0.248. The summed E-state index contributed by atoms with van der Waals surface area (Å²) in [5.41, 5.74) is 4.53. The van der Waals surface area contributed by atoms with Crippen LogP contribution in [0.3, 0.4) is 0 Å². The Hall–Kier alpha value is -0.730. The number of allylic oxidation sites excluding steroid dienone is 2. The SMILES string of the molecule is CC(C)C.CC(C)C(C)C.CC(C)CC(C)C.CC(C)CC1=CCc2ccccc21.CC(C)CO.CCC.CCC(C)C(C)C.CSCCC(C)C. The quantitative estimate of drug-likeness (QED) is 0.243. The highest BCUT2D eigenvalue weighted by Gasteiger charge is 2.13. The van der Waals surface area contributed by atoms with Crippen molar-refractivity contribution in [2.24, 2.45) is 59.2 Å². The van der Waals surface area contributed by atoms with Gasteiger partial charge in [-0.25, -0.2) is 0 Å². The van der Waals surface area contributed by atoms with Crippen LogP contribution in [0.1, 0.15) is 202 Å². The highest BCUT2D eigenvalue weighted by molar-refractivity contribution is 7.98. The van der Waals surface area contributed by atoms with E-state index in [1.54, 1.807) is 5.57 Å². The van der Waals surface area contributed by atoms with Crippen LogP contribution in [-0.4, -0.2) is 23.7 Å². The van der Waals surface area contributed by atoms with Gasteiger partial charge in [-0.3, -0.25) is 0 Å². The van der Waals surface area contributed by atoms with E-state index in [1.807, 2.05) is 25.6 Å². The lowest BCUT2D eigenvalue weighted by atomic mass is 9.96. The molecule has 0 spiro atoms. The maximum Gasteiger partial charge on any atom is 0.0453 e. The maximum atomic E-state index is 8.14. The summed E-state index contributed by atoms with van der Waals surface area (Å²) >= 11 is 1.93. The molecule has 0 saturated carbocycles. The zero-order valence-electron chi connectivity index (χ0n) is 40.7. The topological polar surface area (TPSA) is 20.2 Å². The van der Waals surface area contributed by atoms with Crippen molar-refractivity contribution in [2.45, 2.75) is 198 Å². The van der Waals surface area contributed by atoms with Crippen molar-refractivity contribution in [3.63, 3.8) is 0 Å². The lowest BCUT2D eigenvalue weighted by Crippen LogP contribution is -2.00. The number of fused-ring (bicyclic) bond motifs is 1. The second kappa shape index (κ2) is 44.7. The molecule has 1 aromatic rings. The molecule has 316 valence electrons. The van der Waals surface area contributed by atoms with E-state index in [0.29, 0.717) is 12.5 Å². The minimum absolute atomic E-state index is 0.306. The van der Waals surface area contributed by atoms with Gasteiger partial charge >= 0.3 is 0 Å². The monoisotopic (exact) mass is 753 g/mol. The van der Waals surface area contributed by atoms with E-state index in [1.165, 1.54) is 49.0 Å². The normalized spacial score (nSPS) is 11.8. The van der Waals surface area contributed by atoms with Gasteiger partial charge in [0.05, 0.1) is 0 Å². The summed E-state index contributed by atoms with van der Waals surface area (Å²) in [5, 5.41) is 8.14. The molecule has 0 fully saturated rings. The van der Waals surface area contributed by atoms with E-state index in [2.05, 4.69) is 182 Å². The van der Waals surface area contributed by atoms with E-state index >= 15 is 0 Å². The molecule has 1 atom stereocenters. The van der Waals surface area contributed by atoms with Gasteiger partial charge in [0, 0.05) is 6.61 Å². The Morgan fingerprint density at radius 1 is 0.596 bits per heavy atom. The third-order valence-electron chi connectivity index (χ3n) is 7.88. The van der Waals surface area contributed by atoms with Crippen molar-refractivity contribution in [1.82, 2.24) is 0 Å².